The first-order valence-electron chi connectivity index (χ1n) is 5.00. The predicted molar refractivity (Wildman–Crippen MR) is 47.0 cm³/mol. The number of aliphatic hydroxyl groups excluding tert-OH is 1. The highest BCUT2D eigenvalue weighted by molar-refractivity contribution is 5.65. The van der Waals surface area contributed by atoms with Crippen LogP contribution in [0.5, 0.6) is 0 Å². The van der Waals surface area contributed by atoms with Gasteiger partial charge in [-0.25, -0.2) is 0 Å². The van der Waals surface area contributed by atoms with E-state index in [0.29, 0.717) is 18.4 Å². The topological polar surface area (TPSA) is 46.5 Å². The Labute approximate surface area is 78.1 Å². The Bertz CT molecular complexity index is 212. The molecule has 0 amide bonds. The van der Waals surface area contributed by atoms with Gasteiger partial charge in [-0.05, 0) is 31.1 Å². The molecule has 0 unspecified atom stereocenters. The lowest BCUT2D eigenvalue weighted by atomic mass is 9.87. The van der Waals surface area contributed by atoms with Gasteiger partial charge in [0, 0.05) is 12.8 Å². The molecule has 2 bridgehead atoms. The van der Waals surface area contributed by atoms with Crippen molar-refractivity contribution in [3.05, 3.63) is 0 Å². The number of fused-ring (bicyclic) bond motifs is 2. The lowest BCUT2D eigenvalue weighted by Crippen LogP contribution is -2.31. The van der Waals surface area contributed by atoms with E-state index in [-0.39, 0.29) is 18.0 Å². The van der Waals surface area contributed by atoms with Crippen LogP contribution in [-0.4, -0.2) is 23.8 Å². The molecule has 4 atom stereocenters. The van der Waals surface area contributed by atoms with Gasteiger partial charge in [0.15, 0.2) is 0 Å². The maximum Gasteiger partial charge on any atom is 0.302 e. The van der Waals surface area contributed by atoms with Gasteiger partial charge in [0.2, 0.25) is 0 Å². The normalized spacial score (nSPS) is 42.3. The van der Waals surface area contributed by atoms with Crippen LogP contribution in [0.2, 0.25) is 0 Å². The third-order valence-corrected chi connectivity index (χ3v) is 3.52. The van der Waals surface area contributed by atoms with Gasteiger partial charge in [-0.15, -0.1) is 0 Å². The van der Waals surface area contributed by atoms with Crippen LogP contribution in [0.3, 0.4) is 0 Å². The molecule has 0 saturated heterocycles. The van der Waals surface area contributed by atoms with Crippen molar-refractivity contribution in [1.82, 2.24) is 0 Å². The molecule has 0 spiro atoms. The maximum absolute atomic E-state index is 10.6. The zero-order chi connectivity index (χ0) is 9.42. The number of carbonyl (C=O) groups excluding carboxylic acids is 1. The summed E-state index contributed by atoms with van der Waals surface area (Å²) in [6.45, 7) is 1.83. The third-order valence-electron chi connectivity index (χ3n) is 3.52. The van der Waals surface area contributed by atoms with Gasteiger partial charge in [0.05, 0.1) is 12.7 Å². The van der Waals surface area contributed by atoms with E-state index in [1.807, 2.05) is 0 Å². The second-order valence-corrected chi connectivity index (χ2v) is 4.29. The van der Waals surface area contributed by atoms with Gasteiger partial charge in [0.25, 0.3) is 0 Å². The molecule has 2 rings (SSSR count). The van der Waals surface area contributed by atoms with Crippen LogP contribution in [0, 0.1) is 17.8 Å². The first kappa shape index (κ1) is 9.00. The summed E-state index contributed by atoms with van der Waals surface area (Å²) in [7, 11) is 0. The Hall–Kier alpha value is -0.570. The molecule has 2 aliphatic carbocycles. The molecule has 3 heteroatoms. The van der Waals surface area contributed by atoms with Crippen molar-refractivity contribution in [2.45, 2.75) is 32.3 Å². The zero-order valence-corrected chi connectivity index (χ0v) is 7.90. The Balaban J connectivity index is 1.89. The summed E-state index contributed by atoms with van der Waals surface area (Å²) < 4.78 is 4.95. The Morgan fingerprint density at radius 2 is 2.15 bits per heavy atom. The fourth-order valence-corrected chi connectivity index (χ4v) is 2.83. The molecule has 2 aliphatic rings. The Morgan fingerprint density at radius 1 is 1.46 bits per heavy atom. The molecular formula is C10H16O3. The molecule has 2 saturated carbocycles. The molecule has 1 N–H and O–H groups in total. The van der Waals surface area contributed by atoms with Gasteiger partial charge in [-0.1, -0.05) is 0 Å². The quantitative estimate of drug-likeness (QED) is 0.650. The largest absolute Gasteiger partial charge is 0.465 e. The van der Waals surface area contributed by atoms with Crippen LogP contribution in [0.15, 0.2) is 0 Å². The second-order valence-electron chi connectivity index (χ2n) is 4.29. The summed E-state index contributed by atoms with van der Waals surface area (Å²) in [6.07, 6.45) is 3.27. The summed E-state index contributed by atoms with van der Waals surface area (Å²) in [5.74, 6) is 1.04. The number of esters is 1. The summed E-state index contributed by atoms with van der Waals surface area (Å²) in [4.78, 5) is 10.6. The average Bonchev–Trinajstić information content (AvgIpc) is 2.61. The van der Waals surface area contributed by atoms with Gasteiger partial charge in [-0.3, -0.25) is 4.79 Å². The number of carbonyl (C=O) groups is 1. The summed E-state index contributed by atoms with van der Waals surface area (Å²) in [6, 6.07) is 0. The average molecular weight is 184 g/mol. The highest BCUT2D eigenvalue weighted by atomic mass is 16.5. The van der Waals surface area contributed by atoms with E-state index >= 15 is 0 Å². The molecule has 0 aromatic heterocycles. The first-order valence-corrected chi connectivity index (χ1v) is 5.00. The fourth-order valence-electron chi connectivity index (χ4n) is 2.83. The van der Waals surface area contributed by atoms with Crippen molar-refractivity contribution in [2.24, 2.45) is 17.8 Å². The number of hydrogen-bond acceptors (Lipinski definition) is 3. The Kier molecular flexibility index (Phi) is 2.28. The first-order chi connectivity index (χ1) is 6.18. The van der Waals surface area contributed by atoms with Gasteiger partial charge in [-0.2, -0.15) is 0 Å². The van der Waals surface area contributed by atoms with Crippen LogP contribution >= 0.6 is 0 Å². The van der Waals surface area contributed by atoms with E-state index in [9.17, 15) is 9.90 Å². The molecule has 3 nitrogen and oxygen atoms in total. The molecule has 0 heterocycles. The minimum atomic E-state index is -0.241. The van der Waals surface area contributed by atoms with Crippen LogP contribution in [0.4, 0.5) is 0 Å². The molecule has 0 radical (unpaired) electrons. The molecule has 13 heavy (non-hydrogen) atoms. The summed E-state index contributed by atoms with van der Waals surface area (Å²) >= 11 is 0. The van der Waals surface area contributed by atoms with Crippen LogP contribution < -0.4 is 0 Å². The monoisotopic (exact) mass is 184 g/mol. The van der Waals surface area contributed by atoms with E-state index in [1.165, 1.54) is 13.3 Å². The Morgan fingerprint density at radius 3 is 2.69 bits per heavy atom. The second kappa shape index (κ2) is 3.29. The van der Waals surface area contributed by atoms with Crippen LogP contribution in [-0.2, 0) is 9.53 Å². The molecule has 2 fully saturated rings. The van der Waals surface area contributed by atoms with Crippen molar-refractivity contribution >= 4 is 5.97 Å². The predicted octanol–water partition coefficient (Wildman–Crippen LogP) is 0.956. The molecule has 0 aliphatic heterocycles. The van der Waals surface area contributed by atoms with Crippen molar-refractivity contribution in [2.75, 3.05) is 6.61 Å². The minimum Gasteiger partial charge on any atom is -0.465 e. The van der Waals surface area contributed by atoms with E-state index in [4.69, 9.17) is 4.74 Å². The van der Waals surface area contributed by atoms with Crippen molar-refractivity contribution in [1.29, 1.82) is 0 Å². The van der Waals surface area contributed by atoms with Crippen LogP contribution in [0.25, 0.3) is 0 Å². The van der Waals surface area contributed by atoms with Gasteiger partial charge < -0.3 is 9.84 Å². The lowest BCUT2D eigenvalue weighted by molar-refractivity contribution is -0.144. The van der Waals surface area contributed by atoms with E-state index in [1.54, 1.807) is 0 Å². The van der Waals surface area contributed by atoms with E-state index in [0.717, 1.165) is 12.8 Å². The standard InChI is InChI=1S/C10H16O3/c1-6(11)13-5-9-7-2-3-8(4-7)10(9)12/h7-10,12H,2-5H2,1H3/t7-,8+,9-,10-/m1/s1. The fraction of sp³-hybridized carbons (Fsp3) is 0.900. The lowest BCUT2D eigenvalue weighted by Gasteiger charge is -2.26. The number of ether oxygens (including phenoxy) is 1. The smallest absolute Gasteiger partial charge is 0.302 e. The van der Waals surface area contributed by atoms with Crippen molar-refractivity contribution in [3.8, 4) is 0 Å². The minimum absolute atomic E-state index is 0.211. The highest BCUT2D eigenvalue weighted by Crippen LogP contribution is 2.48. The van der Waals surface area contributed by atoms with Crippen LogP contribution in [0.1, 0.15) is 26.2 Å². The highest BCUT2D eigenvalue weighted by Gasteiger charge is 2.47. The SMILES string of the molecule is CC(=O)OC[C@@H]1[C@@H]2CC[C@@H](C2)[C@H]1O. The molecular weight excluding hydrogens is 168 g/mol. The molecule has 0 aromatic rings. The van der Waals surface area contributed by atoms with E-state index < -0.39 is 0 Å². The van der Waals surface area contributed by atoms with E-state index in [2.05, 4.69) is 0 Å². The number of rotatable bonds is 2. The number of aliphatic hydroxyl groups is 1. The maximum atomic E-state index is 10.6. The third kappa shape index (κ3) is 1.57. The zero-order valence-electron chi connectivity index (χ0n) is 7.90. The van der Waals surface area contributed by atoms with Crippen molar-refractivity contribution in [3.63, 3.8) is 0 Å². The summed E-state index contributed by atoms with van der Waals surface area (Å²) in [5, 5.41) is 9.80. The summed E-state index contributed by atoms with van der Waals surface area (Å²) in [5.41, 5.74) is 0. The van der Waals surface area contributed by atoms with Crippen molar-refractivity contribution < 1.29 is 14.6 Å². The number of hydrogen-bond donors (Lipinski definition) is 1. The van der Waals surface area contributed by atoms with Gasteiger partial charge >= 0.3 is 5.97 Å². The molecule has 0 aromatic carbocycles. The van der Waals surface area contributed by atoms with Gasteiger partial charge in [0.1, 0.15) is 0 Å². The molecule has 74 valence electrons.